The Morgan fingerprint density at radius 2 is 2.00 bits per heavy atom. The lowest BCUT2D eigenvalue weighted by molar-refractivity contribution is 0.0956. The third-order valence-corrected chi connectivity index (χ3v) is 4.84. The van der Waals surface area contributed by atoms with Crippen molar-refractivity contribution >= 4 is 11.7 Å². The van der Waals surface area contributed by atoms with Crippen molar-refractivity contribution in [2.75, 3.05) is 6.54 Å². The number of carbonyl (C=O) groups is 2. The zero-order valence-corrected chi connectivity index (χ0v) is 12.5. The molecule has 3 rings (SSSR count). The molecule has 3 nitrogen and oxygen atoms in total. The Labute approximate surface area is 126 Å². The topological polar surface area (TPSA) is 46.2 Å². The summed E-state index contributed by atoms with van der Waals surface area (Å²) in [6.07, 6.45) is 8.68. The Morgan fingerprint density at radius 3 is 2.81 bits per heavy atom. The standard InChI is InChI=1S/C18H23NO2/c20-17(10-7-13-4-1-2-5-13)15-9-8-14-6-3-11-19-18(21)16(14)12-15/h8-9,12-13H,1-7,10-11H2,(H,19,21). The molecule has 3 heteroatoms. The van der Waals surface area contributed by atoms with Crippen LogP contribution in [0.4, 0.5) is 0 Å². The highest BCUT2D eigenvalue weighted by Crippen LogP contribution is 2.29. The van der Waals surface area contributed by atoms with Gasteiger partial charge < -0.3 is 5.32 Å². The molecule has 112 valence electrons. The van der Waals surface area contributed by atoms with E-state index in [0.29, 0.717) is 17.5 Å². The lowest BCUT2D eigenvalue weighted by atomic mass is 9.94. The summed E-state index contributed by atoms with van der Waals surface area (Å²) < 4.78 is 0. The molecule has 2 aliphatic rings. The molecule has 1 fully saturated rings. The van der Waals surface area contributed by atoms with Crippen molar-refractivity contribution < 1.29 is 9.59 Å². The molecule has 1 aromatic carbocycles. The van der Waals surface area contributed by atoms with E-state index in [1.165, 1.54) is 25.7 Å². The number of hydrogen-bond donors (Lipinski definition) is 1. The first kappa shape index (κ1) is 14.3. The molecule has 0 spiro atoms. The Morgan fingerprint density at radius 1 is 1.19 bits per heavy atom. The van der Waals surface area contributed by atoms with E-state index in [1.54, 1.807) is 6.07 Å². The van der Waals surface area contributed by atoms with Crippen LogP contribution in [0, 0.1) is 5.92 Å². The van der Waals surface area contributed by atoms with E-state index in [2.05, 4.69) is 5.32 Å². The lowest BCUT2D eigenvalue weighted by Crippen LogP contribution is -2.22. The molecule has 21 heavy (non-hydrogen) atoms. The number of nitrogens with one attached hydrogen (secondary N) is 1. The SMILES string of the molecule is O=C(CCC1CCCC1)c1ccc2c(c1)C(=O)NCCC2. The van der Waals surface area contributed by atoms with Crippen LogP contribution in [0.15, 0.2) is 18.2 Å². The van der Waals surface area contributed by atoms with Crippen molar-refractivity contribution in [3.05, 3.63) is 34.9 Å². The summed E-state index contributed by atoms with van der Waals surface area (Å²) in [5.41, 5.74) is 2.46. The molecular weight excluding hydrogens is 262 g/mol. The maximum Gasteiger partial charge on any atom is 0.251 e. The molecule has 0 bridgehead atoms. The first-order valence-corrected chi connectivity index (χ1v) is 8.18. The van der Waals surface area contributed by atoms with Crippen molar-refractivity contribution in [2.45, 2.75) is 51.4 Å². The van der Waals surface area contributed by atoms with Crippen molar-refractivity contribution in [1.82, 2.24) is 5.32 Å². The number of rotatable bonds is 4. The number of hydrogen-bond acceptors (Lipinski definition) is 2. The summed E-state index contributed by atoms with van der Waals surface area (Å²) in [6, 6.07) is 5.66. The summed E-state index contributed by atoms with van der Waals surface area (Å²) in [5.74, 6) is 0.882. The van der Waals surface area contributed by atoms with Crippen LogP contribution in [0.1, 0.15) is 71.2 Å². The highest BCUT2D eigenvalue weighted by Gasteiger charge is 2.19. The fourth-order valence-electron chi connectivity index (χ4n) is 3.53. The van der Waals surface area contributed by atoms with E-state index < -0.39 is 0 Å². The second-order valence-electron chi connectivity index (χ2n) is 6.34. The Hall–Kier alpha value is -1.64. The number of amides is 1. The Bertz CT molecular complexity index is 544. The molecule has 1 aromatic rings. The average molecular weight is 285 g/mol. The van der Waals surface area contributed by atoms with Crippen LogP contribution < -0.4 is 5.32 Å². The number of benzene rings is 1. The van der Waals surface area contributed by atoms with Crippen LogP contribution in [-0.4, -0.2) is 18.2 Å². The van der Waals surface area contributed by atoms with Crippen LogP contribution in [0.3, 0.4) is 0 Å². The summed E-state index contributed by atoms with van der Waals surface area (Å²) in [4.78, 5) is 24.4. The fraction of sp³-hybridized carbons (Fsp3) is 0.556. The molecule has 1 aliphatic heterocycles. The zero-order valence-electron chi connectivity index (χ0n) is 12.5. The van der Waals surface area contributed by atoms with E-state index in [-0.39, 0.29) is 11.7 Å². The summed E-state index contributed by atoms with van der Waals surface area (Å²) in [6.45, 7) is 0.721. The lowest BCUT2D eigenvalue weighted by Gasteiger charge is -2.10. The van der Waals surface area contributed by atoms with Crippen LogP contribution in [-0.2, 0) is 6.42 Å². The molecule has 1 saturated carbocycles. The van der Waals surface area contributed by atoms with Crippen LogP contribution in [0.25, 0.3) is 0 Å². The van der Waals surface area contributed by atoms with E-state index in [9.17, 15) is 9.59 Å². The predicted molar refractivity (Wildman–Crippen MR) is 82.6 cm³/mol. The number of fused-ring (bicyclic) bond motifs is 1. The minimum atomic E-state index is -0.0343. The smallest absolute Gasteiger partial charge is 0.251 e. The van der Waals surface area contributed by atoms with Gasteiger partial charge in [-0.2, -0.15) is 0 Å². The van der Waals surface area contributed by atoms with Gasteiger partial charge in [0.15, 0.2) is 5.78 Å². The van der Waals surface area contributed by atoms with E-state index in [4.69, 9.17) is 0 Å². The Kier molecular flexibility index (Phi) is 4.37. The molecule has 0 radical (unpaired) electrons. The minimum absolute atomic E-state index is 0.0343. The molecule has 0 aromatic heterocycles. The number of carbonyl (C=O) groups excluding carboxylic acids is 2. The maximum absolute atomic E-state index is 12.3. The third-order valence-electron chi connectivity index (χ3n) is 4.84. The maximum atomic E-state index is 12.3. The molecule has 0 atom stereocenters. The highest BCUT2D eigenvalue weighted by atomic mass is 16.1. The number of ketones is 1. The van der Waals surface area contributed by atoms with E-state index in [0.717, 1.165) is 37.3 Å². The summed E-state index contributed by atoms with van der Waals surface area (Å²) >= 11 is 0. The quantitative estimate of drug-likeness (QED) is 0.860. The van der Waals surface area contributed by atoms with Gasteiger partial charge in [-0.25, -0.2) is 0 Å². The third kappa shape index (κ3) is 3.34. The molecule has 0 unspecified atom stereocenters. The molecular formula is C18H23NO2. The first-order valence-electron chi connectivity index (χ1n) is 8.18. The minimum Gasteiger partial charge on any atom is -0.352 e. The zero-order chi connectivity index (χ0) is 14.7. The average Bonchev–Trinajstić information content (AvgIpc) is 2.95. The van der Waals surface area contributed by atoms with Gasteiger partial charge in [-0.3, -0.25) is 9.59 Å². The van der Waals surface area contributed by atoms with Gasteiger partial charge in [0.1, 0.15) is 0 Å². The normalized spacial score (nSPS) is 19.0. The molecule has 1 aliphatic carbocycles. The van der Waals surface area contributed by atoms with Gasteiger partial charge in [0.25, 0.3) is 5.91 Å². The number of Topliss-reactive ketones (excluding diaryl/α,β-unsaturated/α-hetero) is 1. The highest BCUT2D eigenvalue weighted by molar-refractivity contribution is 6.01. The van der Waals surface area contributed by atoms with Gasteiger partial charge in [-0.1, -0.05) is 37.8 Å². The van der Waals surface area contributed by atoms with E-state index >= 15 is 0 Å². The monoisotopic (exact) mass is 285 g/mol. The van der Waals surface area contributed by atoms with Crippen molar-refractivity contribution in [3.8, 4) is 0 Å². The van der Waals surface area contributed by atoms with Crippen molar-refractivity contribution in [3.63, 3.8) is 0 Å². The van der Waals surface area contributed by atoms with Gasteiger partial charge in [0, 0.05) is 24.1 Å². The first-order chi connectivity index (χ1) is 10.2. The van der Waals surface area contributed by atoms with Crippen LogP contribution in [0.5, 0.6) is 0 Å². The second kappa shape index (κ2) is 6.42. The fourth-order valence-corrected chi connectivity index (χ4v) is 3.53. The van der Waals surface area contributed by atoms with E-state index in [1.807, 2.05) is 12.1 Å². The summed E-state index contributed by atoms with van der Waals surface area (Å²) in [7, 11) is 0. The van der Waals surface area contributed by atoms with Crippen LogP contribution in [0.2, 0.25) is 0 Å². The van der Waals surface area contributed by atoms with Gasteiger partial charge >= 0.3 is 0 Å². The molecule has 0 saturated heterocycles. The molecule has 1 heterocycles. The van der Waals surface area contributed by atoms with Crippen molar-refractivity contribution in [1.29, 1.82) is 0 Å². The number of aryl methyl sites for hydroxylation is 1. The van der Waals surface area contributed by atoms with Gasteiger partial charge in [0.05, 0.1) is 0 Å². The molecule has 1 amide bonds. The van der Waals surface area contributed by atoms with Crippen molar-refractivity contribution in [2.24, 2.45) is 5.92 Å². The van der Waals surface area contributed by atoms with Gasteiger partial charge in [-0.05, 0) is 36.8 Å². The Balaban J connectivity index is 1.70. The van der Waals surface area contributed by atoms with Gasteiger partial charge in [0.2, 0.25) is 0 Å². The summed E-state index contributed by atoms with van der Waals surface area (Å²) in [5, 5.41) is 2.89. The van der Waals surface area contributed by atoms with Gasteiger partial charge in [-0.15, -0.1) is 0 Å². The van der Waals surface area contributed by atoms with Crippen LogP contribution >= 0.6 is 0 Å². The second-order valence-corrected chi connectivity index (χ2v) is 6.34. The predicted octanol–water partition coefficient (Wildman–Crippen LogP) is 3.52. The molecule has 1 N–H and O–H groups in total. The largest absolute Gasteiger partial charge is 0.352 e.